The lowest BCUT2D eigenvalue weighted by Crippen LogP contribution is -2.51. The number of ether oxygens (including phenoxy) is 1. The molecule has 1 saturated heterocycles. The van der Waals surface area contributed by atoms with E-state index in [1.807, 2.05) is 42.5 Å². The van der Waals surface area contributed by atoms with Gasteiger partial charge in [-0.15, -0.1) is 0 Å². The highest BCUT2D eigenvalue weighted by molar-refractivity contribution is 5.63. The topological polar surface area (TPSA) is 24.5 Å². The van der Waals surface area contributed by atoms with E-state index in [9.17, 15) is 13.2 Å². The molecule has 1 N–H and O–H groups in total. The number of anilines is 1. The van der Waals surface area contributed by atoms with Gasteiger partial charge in [-0.1, -0.05) is 30.3 Å². The van der Waals surface area contributed by atoms with Crippen molar-refractivity contribution in [3.8, 4) is 5.75 Å². The maximum absolute atomic E-state index is 13.7. The van der Waals surface area contributed by atoms with Gasteiger partial charge in [0.1, 0.15) is 12.3 Å². The molecule has 162 valence electrons. The van der Waals surface area contributed by atoms with Gasteiger partial charge >= 0.3 is 6.18 Å². The van der Waals surface area contributed by atoms with Crippen LogP contribution in [-0.2, 0) is 12.8 Å². The van der Waals surface area contributed by atoms with Crippen LogP contribution in [0.1, 0.15) is 48.4 Å². The summed E-state index contributed by atoms with van der Waals surface area (Å²) in [4.78, 5) is 1.54. The van der Waals surface area contributed by atoms with Crippen molar-refractivity contribution >= 4 is 5.69 Å². The third kappa shape index (κ3) is 4.59. The molecular formula is C24H29F3N2O. The van der Waals surface area contributed by atoms with E-state index in [2.05, 4.69) is 5.32 Å². The minimum Gasteiger partial charge on any atom is -0.495 e. The normalized spacial score (nSPS) is 21.7. The minimum absolute atomic E-state index is 0.164. The molecule has 1 heterocycles. The van der Waals surface area contributed by atoms with Crippen LogP contribution >= 0.6 is 0 Å². The predicted molar refractivity (Wildman–Crippen MR) is 113 cm³/mol. The summed E-state index contributed by atoms with van der Waals surface area (Å²) in [7, 11) is 1.55. The average Bonchev–Trinajstić information content (AvgIpc) is 2.76. The fourth-order valence-corrected chi connectivity index (χ4v) is 4.92. The predicted octanol–water partition coefficient (Wildman–Crippen LogP) is 5.44. The SMILES string of the molecule is COc1cc2c(cc1N(CC(F)(F)F)[C@H]1CCCN[C@H]1c1ccccc1)CCCC2. The molecule has 2 aromatic carbocycles. The van der Waals surface area contributed by atoms with Gasteiger partial charge in [-0.3, -0.25) is 0 Å². The first-order valence-corrected chi connectivity index (χ1v) is 10.8. The number of benzene rings is 2. The molecule has 6 heteroatoms. The van der Waals surface area contributed by atoms with Crippen molar-refractivity contribution in [2.24, 2.45) is 0 Å². The summed E-state index contributed by atoms with van der Waals surface area (Å²) in [6, 6.07) is 13.2. The number of hydrogen-bond donors (Lipinski definition) is 1. The Balaban J connectivity index is 1.78. The molecule has 4 rings (SSSR count). The molecule has 1 aliphatic heterocycles. The van der Waals surface area contributed by atoms with Crippen LogP contribution in [0.5, 0.6) is 5.75 Å². The number of nitrogens with one attached hydrogen (secondary N) is 1. The first kappa shape index (κ1) is 21.0. The van der Waals surface area contributed by atoms with Crippen LogP contribution in [0.4, 0.5) is 18.9 Å². The number of rotatable bonds is 5. The van der Waals surface area contributed by atoms with Gasteiger partial charge in [0, 0.05) is 6.04 Å². The van der Waals surface area contributed by atoms with Crippen LogP contribution in [0.25, 0.3) is 0 Å². The Morgan fingerprint density at radius 3 is 2.40 bits per heavy atom. The Bertz CT molecular complexity index is 854. The van der Waals surface area contributed by atoms with Crippen LogP contribution < -0.4 is 15.0 Å². The van der Waals surface area contributed by atoms with Crippen molar-refractivity contribution in [1.82, 2.24) is 5.32 Å². The number of fused-ring (bicyclic) bond motifs is 1. The number of piperidine rings is 1. The van der Waals surface area contributed by atoms with Gasteiger partial charge in [-0.2, -0.15) is 13.2 Å². The van der Waals surface area contributed by atoms with Crippen molar-refractivity contribution in [3.05, 3.63) is 59.2 Å². The van der Waals surface area contributed by atoms with E-state index in [0.29, 0.717) is 17.9 Å². The van der Waals surface area contributed by atoms with Crippen LogP contribution in [0.2, 0.25) is 0 Å². The van der Waals surface area contributed by atoms with Crippen LogP contribution in [0.3, 0.4) is 0 Å². The molecule has 1 fully saturated rings. The van der Waals surface area contributed by atoms with E-state index in [-0.39, 0.29) is 12.1 Å². The zero-order valence-corrected chi connectivity index (χ0v) is 17.3. The molecule has 0 amide bonds. The van der Waals surface area contributed by atoms with E-state index >= 15 is 0 Å². The highest BCUT2D eigenvalue weighted by Crippen LogP contribution is 2.40. The van der Waals surface area contributed by atoms with Crippen molar-refractivity contribution in [2.75, 3.05) is 25.1 Å². The van der Waals surface area contributed by atoms with Gasteiger partial charge in [0.15, 0.2) is 0 Å². The van der Waals surface area contributed by atoms with E-state index in [1.54, 1.807) is 7.11 Å². The molecule has 0 unspecified atom stereocenters. The second-order valence-corrected chi connectivity index (χ2v) is 8.30. The average molecular weight is 419 g/mol. The molecule has 2 aromatic rings. The maximum atomic E-state index is 13.7. The molecule has 2 atom stereocenters. The highest BCUT2D eigenvalue weighted by Gasteiger charge is 2.39. The second-order valence-electron chi connectivity index (χ2n) is 8.30. The number of aryl methyl sites for hydroxylation is 2. The number of halogens is 3. The lowest BCUT2D eigenvalue weighted by Gasteiger charge is -2.43. The van der Waals surface area contributed by atoms with Gasteiger partial charge in [0.2, 0.25) is 0 Å². The summed E-state index contributed by atoms with van der Waals surface area (Å²) in [6.45, 7) is -0.185. The summed E-state index contributed by atoms with van der Waals surface area (Å²) in [5, 5.41) is 3.47. The summed E-state index contributed by atoms with van der Waals surface area (Å²) in [5.74, 6) is 0.539. The number of nitrogens with zero attached hydrogens (tertiary/aromatic N) is 1. The Kier molecular flexibility index (Phi) is 6.23. The van der Waals surface area contributed by atoms with Gasteiger partial charge < -0.3 is 15.0 Å². The Morgan fingerprint density at radius 1 is 1.03 bits per heavy atom. The Hall–Kier alpha value is -2.21. The molecule has 0 saturated carbocycles. The van der Waals surface area contributed by atoms with Crippen LogP contribution in [-0.4, -0.2) is 32.4 Å². The monoisotopic (exact) mass is 418 g/mol. The van der Waals surface area contributed by atoms with Crippen LogP contribution in [0.15, 0.2) is 42.5 Å². The Morgan fingerprint density at radius 2 is 1.73 bits per heavy atom. The van der Waals surface area contributed by atoms with Crippen LogP contribution in [0, 0.1) is 0 Å². The molecule has 30 heavy (non-hydrogen) atoms. The molecule has 0 bridgehead atoms. The molecule has 0 radical (unpaired) electrons. The number of methoxy groups -OCH3 is 1. The molecule has 0 spiro atoms. The standard InChI is InChI=1S/C24H29F3N2O/c1-30-22-15-19-11-6-5-10-18(19)14-21(22)29(16-24(25,26)27)20-12-7-13-28-23(20)17-8-3-2-4-9-17/h2-4,8-9,14-15,20,23,28H,5-7,10-13,16H2,1H3/t20-,23-/m0/s1. The summed E-state index contributed by atoms with van der Waals surface area (Å²) < 4.78 is 46.9. The molecule has 0 aromatic heterocycles. The summed E-state index contributed by atoms with van der Waals surface area (Å²) in [6.07, 6.45) is 1.30. The fraction of sp³-hybridized carbons (Fsp3) is 0.500. The maximum Gasteiger partial charge on any atom is 0.405 e. The van der Waals surface area contributed by atoms with E-state index in [1.165, 1.54) is 10.5 Å². The van der Waals surface area contributed by atoms with Crippen molar-refractivity contribution < 1.29 is 17.9 Å². The third-order valence-corrected chi connectivity index (χ3v) is 6.29. The molecular weight excluding hydrogens is 389 g/mol. The summed E-state index contributed by atoms with van der Waals surface area (Å²) >= 11 is 0. The van der Waals surface area contributed by atoms with Gasteiger partial charge in [0.05, 0.1) is 18.8 Å². The first-order chi connectivity index (χ1) is 14.5. The van der Waals surface area contributed by atoms with E-state index < -0.39 is 12.7 Å². The smallest absolute Gasteiger partial charge is 0.405 e. The molecule has 2 aliphatic rings. The summed E-state index contributed by atoms with van der Waals surface area (Å²) in [5.41, 5.74) is 3.94. The van der Waals surface area contributed by atoms with Crippen molar-refractivity contribution in [3.63, 3.8) is 0 Å². The van der Waals surface area contributed by atoms with Crippen molar-refractivity contribution in [1.29, 1.82) is 0 Å². The fourth-order valence-electron chi connectivity index (χ4n) is 4.92. The zero-order valence-electron chi connectivity index (χ0n) is 17.3. The first-order valence-electron chi connectivity index (χ1n) is 10.8. The van der Waals surface area contributed by atoms with E-state index in [4.69, 9.17) is 4.74 Å². The zero-order chi connectivity index (χ0) is 21.1. The van der Waals surface area contributed by atoms with E-state index in [0.717, 1.165) is 49.8 Å². The van der Waals surface area contributed by atoms with Gasteiger partial charge in [-0.05, 0) is 73.9 Å². The number of hydrogen-bond acceptors (Lipinski definition) is 3. The second kappa shape index (κ2) is 8.88. The molecule has 1 aliphatic carbocycles. The van der Waals surface area contributed by atoms with Crippen molar-refractivity contribution in [2.45, 2.75) is 56.8 Å². The molecule has 3 nitrogen and oxygen atoms in total. The highest BCUT2D eigenvalue weighted by atomic mass is 19.4. The van der Waals surface area contributed by atoms with Gasteiger partial charge in [-0.25, -0.2) is 0 Å². The quantitative estimate of drug-likeness (QED) is 0.700. The van der Waals surface area contributed by atoms with Gasteiger partial charge in [0.25, 0.3) is 0 Å². The lowest BCUT2D eigenvalue weighted by atomic mass is 9.88. The Labute approximate surface area is 176 Å². The minimum atomic E-state index is -4.31. The largest absolute Gasteiger partial charge is 0.495 e. The number of alkyl halides is 3. The lowest BCUT2D eigenvalue weighted by molar-refractivity contribution is -0.121. The third-order valence-electron chi connectivity index (χ3n) is 6.29.